The van der Waals surface area contributed by atoms with Gasteiger partial charge in [0.25, 0.3) is 0 Å². The zero-order valence-corrected chi connectivity index (χ0v) is 12.4. The first kappa shape index (κ1) is 16.4. The summed E-state index contributed by atoms with van der Waals surface area (Å²) in [4.78, 5) is 16.3. The van der Waals surface area contributed by atoms with Crippen molar-refractivity contribution in [3.63, 3.8) is 0 Å². The van der Waals surface area contributed by atoms with Crippen LogP contribution in [0.25, 0.3) is 0 Å². The van der Waals surface area contributed by atoms with Crippen molar-refractivity contribution in [3.8, 4) is 0 Å². The van der Waals surface area contributed by atoms with Gasteiger partial charge in [-0.15, -0.1) is 0 Å². The molecule has 102 valence electrons. The average Bonchev–Trinajstić information content (AvgIpc) is 2.14. The molecule has 0 aliphatic rings. The third-order valence-corrected chi connectivity index (χ3v) is 3.90. The second-order valence-corrected chi connectivity index (χ2v) is 6.89. The van der Waals surface area contributed by atoms with E-state index < -0.39 is 11.4 Å². The third-order valence-electron chi connectivity index (χ3n) is 3.90. The first-order valence-electron chi connectivity index (χ1n) is 6.40. The predicted molar refractivity (Wildman–Crippen MR) is 69.6 cm³/mol. The van der Waals surface area contributed by atoms with Crippen LogP contribution in [0.1, 0.15) is 67.7 Å². The van der Waals surface area contributed by atoms with E-state index in [2.05, 4.69) is 11.8 Å². The van der Waals surface area contributed by atoms with Gasteiger partial charge in [0.05, 0.1) is 5.41 Å². The van der Waals surface area contributed by atoms with Gasteiger partial charge in [-0.2, -0.15) is 5.26 Å². The molecule has 0 aromatic heterocycles. The summed E-state index contributed by atoms with van der Waals surface area (Å²) in [6.07, 6.45) is 2.70. The third kappa shape index (κ3) is 3.01. The normalized spacial score (nSPS) is 13.6. The fourth-order valence-corrected chi connectivity index (χ4v) is 3.11. The summed E-state index contributed by atoms with van der Waals surface area (Å²) < 4.78 is 0. The molecular weight excluding hydrogens is 216 g/mol. The van der Waals surface area contributed by atoms with Crippen LogP contribution in [-0.2, 0) is 9.68 Å². The van der Waals surface area contributed by atoms with E-state index in [1.54, 1.807) is 0 Å². The van der Waals surface area contributed by atoms with Crippen LogP contribution in [-0.4, -0.2) is 11.2 Å². The number of hydrogen-bond acceptors (Lipinski definition) is 3. The predicted octanol–water partition coefficient (Wildman–Crippen LogP) is 4.27. The molecule has 0 unspecified atom stereocenters. The number of carbonyl (C=O) groups excluding carboxylic acids is 1. The van der Waals surface area contributed by atoms with Crippen molar-refractivity contribution in [1.29, 1.82) is 0 Å². The molecule has 3 nitrogen and oxygen atoms in total. The SMILES string of the molecule is CCCCC(C(=O)OO)(C(C)(C)C)C(C)(C)C. The highest BCUT2D eigenvalue weighted by Crippen LogP contribution is 2.55. The number of hydrogen-bond donors (Lipinski definition) is 1. The van der Waals surface area contributed by atoms with Crippen LogP contribution < -0.4 is 0 Å². The van der Waals surface area contributed by atoms with Gasteiger partial charge in [0.1, 0.15) is 0 Å². The minimum absolute atomic E-state index is 0.264. The van der Waals surface area contributed by atoms with Gasteiger partial charge in [-0.05, 0) is 17.3 Å². The standard InChI is InChI=1S/C14H28O3/c1-8-9-10-14(11(15)17-16,12(2,3)4)13(5,6)7/h16H,8-10H2,1-7H3. The summed E-state index contributed by atoms with van der Waals surface area (Å²) in [5.41, 5.74) is -1.20. The molecule has 0 atom stereocenters. The van der Waals surface area contributed by atoms with Crippen LogP contribution in [0.15, 0.2) is 0 Å². The quantitative estimate of drug-likeness (QED) is 0.593. The number of unbranched alkanes of at least 4 members (excludes halogenated alkanes) is 1. The summed E-state index contributed by atoms with van der Waals surface area (Å²) in [5.74, 6) is -0.508. The zero-order chi connectivity index (χ0) is 13.9. The largest absolute Gasteiger partial charge is 0.349 e. The second-order valence-electron chi connectivity index (χ2n) is 6.89. The lowest BCUT2D eigenvalue weighted by Crippen LogP contribution is -2.52. The van der Waals surface area contributed by atoms with Crippen molar-refractivity contribution in [2.45, 2.75) is 67.7 Å². The Kier molecular flexibility index (Phi) is 5.20. The first-order chi connectivity index (χ1) is 7.54. The van der Waals surface area contributed by atoms with Gasteiger partial charge < -0.3 is 4.89 Å². The van der Waals surface area contributed by atoms with Gasteiger partial charge in [-0.3, -0.25) is 0 Å². The van der Waals surface area contributed by atoms with Crippen LogP contribution in [0, 0.1) is 16.2 Å². The lowest BCUT2D eigenvalue weighted by Gasteiger charge is -2.50. The molecule has 0 fully saturated rings. The van der Waals surface area contributed by atoms with E-state index in [0.29, 0.717) is 0 Å². The summed E-state index contributed by atoms with van der Waals surface area (Å²) in [5, 5.41) is 8.85. The summed E-state index contributed by atoms with van der Waals surface area (Å²) in [7, 11) is 0. The fourth-order valence-electron chi connectivity index (χ4n) is 3.11. The van der Waals surface area contributed by atoms with Gasteiger partial charge in [-0.25, -0.2) is 4.79 Å². The van der Waals surface area contributed by atoms with Crippen molar-refractivity contribution >= 4 is 5.97 Å². The van der Waals surface area contributed by atoms with Gasteiger partial charge in [0.15, 0.2) is 0 Å². The Morgan fingerprint density at radius 2 is 1.47 bits per heavy atom. The molecule has 0 aliphatic carbocycles. The summed E-state index contributed by atoms with van der Waals surface area (Å²) in [6, 6.07) is 0. The maximum Gasteiger partial charge on any atom is 0.349 e. The monoisotopic (exact) mass is 244 g/mol. The molecule has 0 aromatic rings. The van der Waals surface area contributed by atoms with Crippen LogP contribution in [0.4, 0.5) is 0 Å². The molecule has 0 bridgehead atoms. The Morgan fingerprint density at radius 3 is 1.71 bits per heavy atom. The smallest absolute Gasteiger partial charge is 0.300 e. The lowest BCUT2D eigenvalue weighted by molar-refractivity contribution is -0.260. The van der Waals surface area contributed by atoms with Gasteiger partial charge in [-0.1, -0.05) is 61.3 Å². The van der Waals surface area contributed by atoms with Gasteiger partial charge in [0, 0.05) is 0 Å². The molecule has 0 heterocycles. The Bertz CT molecular complexity index is 242. The first-order valence-corrected chi connectivity index (χ1v) is 6.40. The fraction of sp³-hybridized carbons (Fsp3) is 0.929. The maximum atomic E-state index is 12.2. The zero-order valence-electron chi connectivity index (χ0n) is 12.4. The van der Waals surface area contributed by atoms with Crippen molar-refractivity contribution in [2.75, 3.05) is 0 Å². The van der Waals surface area contributed by atoms with Crippen LogP contribution >= 0.6 is 0 Å². The number of carbonyl (C=O) groups is 1. The molecule has 0 saturated heterocycles. The topological polar surface area (TPSA) is 46.5 Å². The van der Waals surface area contributed by atoms with E-state index in [1.807, 2.05) is 41.5 Å². The Labute approximate surface area is 105 Å². The lowest BCUT2D eigenvalue weighted by atomic mass is 9.52. The molecule has 0 aromatic carbocycles. The Hall–Kier alpha value is -0.570. The second kappa shape index (κ2) is 5.38. The van der Waals surface area contributed by atoms with Gasteiger partial charge in [0.2, 0.25) is 0 Å². The summed E-state index contributed by atoms with van der Waals surface area (Å²) >= 11 is 0. The van der Waals surface area contributed by atoms with E-state index >= 15 is 0 Å². The molecule has 0 saturated carbocycles. The minimum atomic E-state index is -0.676. The van der Waals surface area contributed by atoms with E-state index in [-0.39, 0.29) is 10.8 Å². The Balaban J connectivity index is 5.64. The molecule has 17 heavy (non-hydrogen) atoms. The van der Waals surface area contributed by atoms with E-state index in [0.717, 1.165) is 19.3 Å². The van der Waals surface area contributed by atoms with Crippen molar-refractivity contribution in [3.05, 3.63) is 0 Å². The maximum absolute atomic E-state index is 12.2. The van der Waals surface area contributed by atoms with Gasteiger partial charge >= 0.3 is 5.97 Å². The van der Waals surface area contributed by atoms with Crippen LogP contribution in [0.5, 0.6) is 0 Å². The molecule has 0 rings (SSSR count). The molecule has 3 heteroatoms. The van der Waals surface area contributed by atoms with Crippen molar-refractivity contribution in [2.24, 2.45) is 16.2 Å². The molecule has 0 spiro atoms. The average molecular weight is 244 g/mol. The molecule has 1 N–H and O–H groups in total. The van der Waals surface area contributed by atoms with Crippen LogP contribution in [0.2, 0.25) is 0 Å². The molecule has 0 aliphatic heterocycles. The van der Waals surface area contributed by atoms with E-state index in [1.165, 1.54) is 0 Å². The molecular formula is C14H28O3. The number of rotatable bonds is 4. The molecule has 0 radical (unpaired) electrons. The van der Waals surface area contributed by atoms with Crippen molar-refractivity contribution < 1.29 is 14.9 Å². The van der Waals surface area contributed by atoms with Crippen LogP contribution in [0.3, 0.4) is 0 Å². The van der Waals surface area contributed by atoms with E-state index in [4.69, 9.17) is 5.26 Å². The highest BCUT2D eigenvalue weighted by molar-refractivity contribution is 5.78. The highest BCUT2D eigenvalue weighted by atomic mass is 17.1. The minimum Gasteiger partial charge on any atom is -0.300 e. The molecule has 0 amide bonds. The van der Waals surface area contributed by atoms with E-state index in [9.17, 15) is 4.79 Å². The Morgan fingerprint density at radius 1 is 1.06 bits per heavy atom. The highest BCUT2D eigenvalue weighted by Gasteiger charge is 2.57. The summed E-state index contributed by atoms with van der Waals surface area (Å²) in [6.45, 7) is 14.3. The van der Waals surface area contributed by atoms with Crippen molar-refractivity contribution in [1.82, 2.24) is 0 Å².